The lowest BCUT2D eigenvalue weighted by Crippen LogP contribution is -2.30. The van der Waals surface area contributed by atoms with Crippen LogP contribution in [0.3, 0.4) is 0 Å². The van der Waals surface area contributed by atoms with Gasteiger partial charge >= 0.3 is 0 Å². The van der Waals surface area contributed by atoms with Gasteiger partial charge in [0.25, 0.3) is 0 Å². The van der Waals surface area contributed by atoms with Gasteiger partial charge < -0.3 is 4.42 Å². The molecule has 0 aliphatic heterocycles. The fourth-order valence-electron chi connectivity index (χ4n) is 3.54. The molecule has 4 rings (SSSR count). The van der Waals surface area contributed by atoms with E-state index in [1.165, 1.54) is 15.6 Å². The Bertz CT molecular complexity index is 992. The van der Waals surface area contributed by atoms with Crippen LogP contribution >= 0.6 is 0 Å². The second-order valence-electron chi connectivity index (χ2n) is 6.51. The van der Waals surface area contributed by atoms with E-state index in [4.69, 9.17) is 4.42 Å². The van der Waals surface area contributed by atoms with Gasteiger partial charge in [-0.1, -0.05) is 18.2 Å². The predicted molar refractivity (Wildman–Crippen MR) is 96.8 cm³/mol. The lowest BCUT2D eigenvalue weighted by atomic mass is 10.2. The molecule has 3 aromatic rings. The molecular formula is C19H21N3O3S. The number of benzene rings is 1. The fourth-order valence-corrected chi connectivity index (χ4v) is 4.92. The maximum atomic E-state index is 13.2. The summed E-state index contributed by atoms with van der Waals surface area (Å²) in [7, 11) is -1.73. The summed E-state index contributed by atoms with van der Waals surface area (Å²) >= 11 is 0. The molecule has 7 heteroatoms. The van der Waals surface area contributed by atoms with Gasteiger partial charge in [0.15, 0.2) is 0 Å². The van der Waals surface area contributed by atoms with Crippen LogP contribution < -0.4 is 0 Å². The van der Waals surface area contributed by atoms with E-state index in [1.807, 2.05) is 17.8 Å². The maximum absolute atomic E-state index is 13.2. The van der Waals surface area contributed by atoms with Gasteiger partial charge in [0, 0.05) is 12.7 Å². The van der Waals surface area contributed by atoms with Gasteiger partial charge in [0.2, 0.25) is 10.0 Å². The van der Waals surface area contributed by atoms with Crippen LogP contribution in [-0.2, 0) is 43.0 Å². The van der Waals surface area contributed by atoms with Gasteiger partial charge in [-0.2, -0.15) is 9.40 Å². The highest BCUT2D eigenvalue weighted by atomic mass is 32.2. The Morgan fingerprint density at radius 3 is 2.65 bits per heavy atom. The minimum Gasteiger partial charge on any atom is -0.468 e. The third-order valence-electron chi connectivity index (χ3n) is 4.82. The van der Waals surface area contributed by atoms with Gasteiger partial charge in [-0.3, -0.25) is 4.68 Å². The zero-order chi connectivity index (χ0) is 18.1. The summed E-state index contributed by atoms with van der Waals surface area (Å²) in [6.07, 6.45) is 4.61. The number of hydrogen-bond donors (Lipinski definition) is 0. The van der Waals surface area contributed by atoms with Gasteiger partial charge in [-0.25, -0.2) is 8.42 Å². The summed E-state index contributed by atoms with van der Waals surface area (Å²) in [5, 5.41) is 4.59. The van der Waals surface area contributed by atoms with Crippen molar-refractivity contribution in [2.24, 2.45) is 7.05 Å². The Balaban J connectivity index is 1.71. The van der Waals surface area contributed by atoms with Crippen LogP contribution in [0.15, 0.2) is 58.0 Å². The van der Waals surface area contributed by atoms with E-state index in [9.17, 15) is 8.42 Å². The van der Waals surface area contributed by atoms with Crippen LogP contribution in [0.25, 0.3) is 0 Å². The van der Waals surface area contributed by atoms with Crippen molar-refractivity contribution in [3.05, 3.63) is 71.4 Å². The highest BCUT2D eigenvalue weighted by Gasteiger charge is 2.29. The topological polar surface area (TPSA) is 68.3 Å². The van der Waals surface area contributed by atoms with Crippen LogP contribution in [0.4, 0.5) is 0 Å². The molecule has 0 amide bonds. The number of nitrogens with zero attached hydrogens (tertiary/aromatic N) is 3. The molecule has 136 valence electrons. The van der Waals surface area contributed by atoms with E-state index >= 15 is 0 Å². The van der Waals surface area contributed by atoms with Crippen LogP contribution in [0.1, 0.15) is 29.1 Å². The lowest BCUT2D eigenvalue weighted by Gasteiger charge is -2.21. The molecule has 0 atom stereocenters. The van der Waals surface area contributed by atoms with Crippen molar-refractivity contribution in [3.8, 4) is 0 Å². The van der Waals surface area contributed by atoms with Crippen molar-refractivity contribution in [1.29, 1.82) is 0 Å². The molecule has 0 fully saturated rings. The average molecular weight is 371 g/mol. The summed E-state index contributed by atoms with van der Waals surface area (Å²) in [4.78, 5) is 0.277. The second kappa shape index (κ2) is 6.74. The molecule has 2 aromatic heterocycles. The highest BCUT2D eigenvalue weighted by Crippen LogP contribution is 2.28. The standard InChI is InChI=1S/C19H21N3O3S/c1-21-19-11-5-10-17(19)18(20-21)14-22(13-15-7-6-12-25-15)26(23,24)16-8-3-2-4-9-16/h2-4,6-9,12H,5,10-11,13-14H2,1H3. The molecule has 1 aromatic carbocycles. The third-order valence-corrected chi connectivity index (χ3v) is 6.62. The third kappa shape index (κ3) is 3.08. The Morgan fingerprint density at radius 2 is 1.92 bits per heavy atom. The number of aromatic nitrogens is 2. The summed E-state index contributed by atoms with van der Waals surface area (Å²) < 4.78 is 35.2. The fraction of sp³-hybridized carbons (Fsp3) is 0.316. The van der Waals surface area contributed by atoms with Crippen molar-refractivity contribution < 1.29 is 12.8 Å². The highest BCUT2D eigenvalue weighted by molar-refractivity contribution is 7.89. The van der Waals surface area contributed by atoms with Crippen LogP contribution in [-0.4, -0.2) is 22.5 Å². The first kappa shape index (κ1) is 17.1. The molecular weight excluding hydrogens is 350 g/mol. The monoisotopic (exact) mass is 371 g/mol. The molecule has 0 saturated carbocycles. The van der Waals surface area contributed by atoms with Crippen molar-refractivity contribution in [1.82, 2.24) is 14.1 Å². The Morgan fingerprint density at radius 1 is 1.12 bits per heavy atom. The van der Waals surface area contributed by atoms with E-state index in [0.717, 1.165) is 25.0 Å². The summed E-state index contributed by atoms with van der Waals surface area (Å²) in [5.41, 5.74) is 3.25. The largest absolute Gasteiger partial charge is 0.468 e. The van der Waals surface area contributed by atoms with Gasteiger partial charge in [-0.05, 0) is 49.1 Å². The molecule has 6 nitrogen and oxygen atoms in total. The van der Waals surface area contributed by atoms with Crippen molar-refractivity contribution in [2.75, 3.05) is 0 Å². The van der Waals surface area contributed by atoms with Gasteiger partial charge in [0.05, 0.1) is 29.9 Å². The number of aryl methyl sites for hydroxylation is 1. The first-order valence-electron chi connectivity index (χ1n) is 8.67. The molecule has 0 bridgehead atoms. The van der Waals surface area contributed by atoms with Crippen LogP contribution in [0.2, 0.25) is 0 Å². The maximum Gasteiger partial charge on any atom is 0.243 e. The second-order valence-corrected chi connectivity index (χ2v) is 8.45. The van der Waals surface area contributed by atoms with E-state index in [0.29, 0.717) is 5.76 Å². The van der Waals surface area contributed by atoms with Crippen molar-refractivity contribution in [3.63, 3.8) is 0 Å². The average Bonchev–Trinajstić information content (AvgIpc) is 3.36. The first-order chi connectivity index (χ1) is 12.6. The predicted octanol–water partition coefficient (Wildman–Crippen LogP) is 2.89. The number of furan rings is 1. The summed E-state index contributed by atoms with van der Waals surface area (Å²) in [5.74, 6) is 0.608. The molecule has 0 N–H and O–H groups in total. The molecule has 1 aliphatic carbocycles. The SMILES string of the molecule is Cn1nc(CN(Cc2ccco2)S(=O)(=O)c2ccccc2)c2c1CCC2. The normalized spacial score (nSPS) is 14.1. The Labute approximate surface area is 153 Å². The number of sulfonamides is 1. The van der Waals surface area contributed by atoms with Gasteiger partial charge in [-0.15, -0.1) is 0 Å². The molecule has 0 radical (unpaired) electrons. The van der Waals surface area contributed by atoms with E-state index in [-0.39, 0.29) is 18.0 Å². The van der Waals surface area contributed by atoms with E-state index in [2.05, 4.69) is 5.10 Å². The van der Waals surface area contributed by atoms with Crippen LogP contribution in [0.5, 0.6) is 0 Å². The number of fused-ring (bicyclic) bond motifs is 1. The van der Waals surface area contributed by atoms with Crippen molar-refractivity contribution in [2.45, 2.75) is 37.2 Å². The summed E-state index contributed by atoms with van der Waals surface area (Å²) in [6.45, 7) is 0.413. The molecule has 0 unspecified atom stereocenters. The van der Waals surface area contributed by atoms with E-state index in [1.54, 1.807) is 42.7 Å². The quantitative estimate of drug-likeness (QED) is 0.668. The van der Waals surface area contributed by atoms with Crippen molar-refractivity contribution >= 4 is 10.0 Å². The molecule has 0 saturated heterocycles. The smallest absolute Gasteiger partial charge is 0.243 e. The first-order valence-corrected chi connectivity index (χ1v) is 10.1. The zero-order valence-electron chi connectivity index (χ0n) is 14.6. The van der Waals surface area contributed by atoms with Gasteiger partial charge in [0.1, 0.15) is 5.76 Å². The minimum absolute atomic E-state index is 0.176. The molecule has 0 spiro atoms. The van der Waals surface area contributed by atoms with Crippen LogP contribution in [0, 0.1) is 0 Å². The Hall–Kier alpha value is -2.38. The molecule has 26 heavy (non-hydrogen) atoms. The lowest BCUT2D eigenvalue weighted by molar-refractivity contribution is 0.353. The summed E-state index contributed by atoms with van der Waals surface area (Å²) in [6, 6.07) is 12.1. The number of hydrogen-bond acceptors (Lipinski definition) is 4. The molecule has 1 aliphatic rings. The zero-order valence-corrected chi connectivity index (χ0v) is 15.4. The molecule has 2 heterocycles. The Kier molecular flexibility index (Phi) is 4.42. The minimum atomic E-state index is -3.66. The van der Waals surface area contributed by atoms with E-state index < -0.39 is 10.0 Å². The number of rotatable bonds is 6.